The molecule has 0 amide bonds. The summed E-state index contributed by atoms with van der Waals surface area (Å²) in [6, 6.07) is 3.25. The summed E-state index contributed by atoms with van der Waals surface area (Å²) >= 11 is 0. The Bertz CT molecular complexity index is 595. The van der Waals surface area contributed by atoms with Crippen molar-refractivity contribution < 1.29 is 4.74 Å². The summed E-state index contributed by atoms with van der Waals surface area (Å²) in [5.41, 5.74) is 8.97. The number of anilines is 2. The van der Waals surface area contributed by atoms with Gasteiger partial charge in [-0.25, -0.2) is 4.98 Å². The van der Waals surface area contributed by atoms with Crippen LogP contribution in [0.3, 0.4) is 0 Å². The molecule has 2 aliphatic carbocycles. The summed E-state index contributed by atoms with van der Waals surface area (Å²) in [5.74, 6) is 1.06. The number of hydrogen-bond donors (Lipinski definition) is 2. The molecule has 4 rings (SSSR count). The number of pyridine rings is 1. The van der Waals surface area contributed by atoms with E-state index >= 15 is 0 Å². The summed E-state index contributed by atoms with van der Waals surface area (Å²) in [5, 5.41) is 3.69. The van der Waals surface area contributed by atoms with E-state index in [1.54, 1.807) is 0 Å². The molecule has 2 saturated carbocycles. The Labute approximate surface area is 145 Å². The predicted octanol–water partition coefficient (Wildman–Crippen LogP) is 2.69. The average molecular weight is 330 g/mol. The van der Waals surface area contributed by atoms with Crippen molar-refractivity contribution in [3.05, 3.63) is 17.8 Å². The minimum absolute atomic E-state index is 0.258. The molecule has 3 N–H and O–H groups in total. The molecule has 0 bridgehead atoms. The summed E-state index contributed by atoms with van der Waals surface area (Å²) in [6.45, 7) is 8.26. The van der Waals surface area contributed by atoms with Gasteiger partial charge in [0.05, 0.1) is 24.1 Å². The monoisotopic (exact) mass is 330 g/mol. The van der Waals surface area contributed by atoms with Crippen molar-refractivity contribution in [2.75, 3.05) is 23.3 Å². The van der Waals surface area contributed by atoms with Gasteiger partial charge >= 0.3 is 0 Å². The smallest absolute Gasteiger partial charge is 0.129 e. The lowest BCUT2D eigenvalue weighted by molar-refractivity contribution is -0.00546. The van der Waals surface area contributed by atoms with Crippen LogP contribution in [0.1, 0.15) is 45.1 Å². The number of hydrogen-bond acceptors (Lipinski definition) is 5. The van der Waals surface area contributed by atoms with Gasteiger partial charge in [-0.2, -0.15) is 0 Å². The second-order valence-electron chi connectivity index (χ2n) is 8.44. The minimum atomic E-state index is 0.258. The second kappa shape index (κ2) is 5.88. The van der Waals surface area contributed by atoms with Gasteiger partial charge in [-0.15, -0.1) is 0 Å². The van der Waals surface area contributed by atoms with Crippen molar-refractivity contribution in [3.8, 4) is 0 Å². The highest BCUT2D eigenvalue weighted by Crippen LogP contribution is 2.55. The molecule has 1 aromatic heterocycles. The number of morpholine rings is 1. The molecule has 5 heteroatoms. The van der Waals surface area contributed by atoms with Crippen LogP contribution in [0.15, 0.2) is 12.3 Å². The molecule has 24 heavy (non-hydrogen) atoms. The van der Waals surface area contributed by atoms with E-state index in [9.17, 15) is 0 Å². The lowest BCUT2D eigenvalue weighted by atomic mass is 9.52. The number of rotatable bonds is 3. The Balaban J connectivity index is 1.38. The Kier molecular flexibility index (Phi) is 3.96. The fourth-order valence-electron chi connectivity index (χ4n) is 4.92. The van der Waals surface area contributed by atoms with Crippen molar-refractivity contribution in [1.82, 2.24) is 4.98 Å². The van der Waals surface area contributed by atoms with Crippen LogP contribution in [0, 0.1) is 12.3 Å². The van der Waals surface area contributed by atoms with Gasteiger partial charge in [0, 0.05) is 25.2 Å². The van der Waals surface area contributed by atoms with Crippen molar-refractivity contribution in [1.29, 1.82) is 0 Å². The lowest BCUT2D eigenvalue weighted by Crippen LogP contribution is -2.57. The van der Waals surface area contributed by atoms with Gasteiger partial charge in [-0.3, -0.25) is 0 Å². The Morgan fingerprint density at radius 1 is 1.21 bits per heavy atom. The standard InChI is InChI=1S/C19H30N4O/c1-12-4-18(23-10-13(2)24-14(3)11-23)21-9-17(12)22-16-7-19(8-16)5-15(20)6-19/h4,9,13-16,22H,5-8,10-11,20H2,1-3H3. The number of ether oxygens (including phenoxy) is 1. The molecule has 1 aliphatic heterocycles. The van der Waals surface area contributed by atoms with E-state index in [0.29, 0.717) is 17.5 Å². The van der Waals surface area contributed by atoms with Gasteiger partial charge in [-0.1, -0.05) is 0 Å². The van der Waals surface area contributed by atoms with Crippen LogP contribution in [0.25, 0.3) is 0 Å². The Hall–Kier alpha value is -1.33. The van der Waals surface area contributed by atoms with E-state index < -0.39 is 0 Å². The maximum atomic E-state index is 5.95. The molecule has 3 aliphatic rings. The van der Waals surface area contributed by atoms with Gasteiger partial charge in [0.15, 0.2) is 0 Å². The van der Waals surface area contributed by atoms with Gasteiger partial charge < -0.3 is 20.7 Å². The molecule has 5 nitrogen and oxygen atoms in total. The topological polar surface area (TPSA) is 63.4 Å². The molecule has 132 valence electrons. The van der Waals surface area contributed by atoms with Crippen molar-refractivity contribution in [3.63, 3.8) is 0 Å². The van der Waals surface area contributed by atoms with Gasteiger partial charge in [0.2, 0.25) is 0 Å². The van der Waals surface area contributed by atoms with Crippen LogP contribution in [-0.2, 0) is 4.74 Å². The average Bonchev–Trinajstić information content (AvgIpc) is 2.44. The van der Waals surface area contributed by atoms with E-state index in [2.05, 4.69) is 37.1 Å². The van der Waals surface area contributed by atoms with Gasteiger partial charge in [0.25, 0.3) is 0 Å². The Morgan fingerprint density at radius 3 is 2.46 bits per heavy atom. The van der Waals surface area contributed by atoms with Gasteiger partial charge in [-0.05, 0) is 63.5 Å². The zero-order valence-corrected chi connectivity index (χ0v) is 15.1. The third kappa shape index (κ3) is 3.00. The maximum absolute atomic E-state index is 5.95. The molecule has 1 aromatic rings. The van der Waals surface area contributed by atoms with Crippen LogP contribution >= 0.6 is 0 Å². The van der Waals surface area contributed by atoms with Crippen molar-refractivity contribution in [2.45, 2.75) is 70.7 Å². The first-order valence-electron chi connectivity index (χ1n) is 9.32. The molecule has 3 fully saturated rings. The first kappa shape index (κ1) is 16.2. The highest BCUT2D eigenvalue weighted by atomic mass is 16.5. The maximum Gasteiger partial charge on any atom is 0.129 e. The Morgan fingerprint density at radius 2 is 1.88 bits per heavy atom. The SMILES string of the molecule is Cc1cc(N2CC(C)OC(C)C2)ncc1NC1CC2(CC(N)C2)C1. The fourth-order valence-corrected chi connectivity index (χ4v) is 4.92. The van der Waals surface area contributed by atoms with Crippen LogP contribution < -0.4 is 16.0 Å². The predicted molar refractivity (Wildman–Crippen MR) is 97.5 cm³/mol. The molecule has 1 saturated heterocycles. The molecular formula is C19H30N4O. The highest BCUT2D eigenvalue weighted by molar-refractivity contribution is 5.56. The van der Waals surface area contributed by atoms with E-state index in [4.69, 9.17) is 15.5 Å². The lowest BCUT2D eigenvalue weighted by Gasteiger charge is -2.57. The molecular weight excluding hydrogens is 300 g/mol. The number of aryl methyl sites for hydroxylation is 1. The van der Waals surface area contributed by atoms with E-state index in [-0.39, 0.29) is 12.2 Å². The molecule has 2 heterocycles. The third-order valence-corrected chi connectivity index (χ3v) is 5.95. The zero-order valence-electron chi connectivity index (χ0n) is 15.1. The van der Waals surface area contributed by atoms with Crippen LogP contribution in [0.5, 0.6) is 0 Å². The minimum Gasteiger partial charge on any atom is -0.381 e. The van der Waals surface area contributed by atoms with E-state index in [1.807, 2.05) is 6.20 Å². The number of nitrogens with one attached hydrogen (secondary N) is 1. The van der Waals surface area contributed by atoms with Crippen LogP contribution in [-0.4, -0.2) is 42.4 Å². The third-order valence-electron chi connectivity index (χ3n) is 5.95. The van der Waals surface area contributed by atoms with Crippen LogP contribution in [0.2, 0.25) is 0 Å². The molecule has 2 unspecified atom stereocenters. The number of aromatic nitrogens is 1. The first-order chi connectivity index (χ1) is 11.4. The normalized spacial score (nSPS) is 38.6. The number of nitrogens with zero attached hydrogens (tertiary/aromatic N) is 2. The zero-order chi connectivity index (χ0) is 16.9. The van der Waals surface area contributed by atoms with Crippen LogP contribution in [0.4, 0.5) is 11.5 Å². The van der Waals surface area contributed by atoms with Crippen molar-refractivity contribution in [2.24, 2.45) is 11.1 Å². The van der Waals surface area contributed by atoms with E-state index in [0.717, 1.165) is 18.9 Å². The highest BCUT2D eigenvalue weighted by Gasteiger charge is 2.51. The fraction of sp³-hybridized carbons (Fsp3) is 0.737. The van der Waals surface area contributed by atoms with Crippen molar-refractivity contribution >= 4 is 11.5 Å². The molecule has 0 aromatic carbocycles. The summed E-state index contributed by atoms with van der Waals surface area (Å²) in [6.07, 6.45) is 7.49. The molecule has 1 spiro atoms. The summed E-state index contributed by atoms with van der Waals surface area (Å²) in [7, 11) is 0. The van der Waals surface area contributed by atoms with E-state index in [1.165, 1.54) is 36.9 Å². The first-order valence-corrected chi connectivity index (χ1v) is 9.32. The largest absolute Gasteiger partial charge is 0.381 e. The second-order valence-corrected chi connectivity index (χ2v) is 8.44. The quantitative estimate of drug-likeness (QED) is 0.892. The summed E-state index contributed by atoms with van der Waals surface area (Å²) < 4.78 is 5.82. The molecule has 0 radical (unpaired) electrons. The van der Waals surface area contributed by atoms with Gasteiger partial charge in [0.1, 0.15) is 5.82 Å². The number of nitrogens with two attached hydrogens (primary N) is 1. The summed E-state index contributed by atoms with van der Waals surface area (Å²) in [4.78, 5) is 7.05. The molecule has 2 atom stereocenters.